The summed E-state index contributed by atoms with van der Waals surface area (Å²) < 4.78 is 5.02. The summed E-state index contributed by atoms with van der Waals surface area (Å²) >= 11 is 5.82. The molecule has 0 saturated carbocycles. The predicted molar refractivity (Wildman–Crippen MR) is 115 cm³/mol. The zero-order chi connectivity index (χ0) is 22.8. The smallest absolute Gasteiger partial charge is 0.329 e. The topological polar surface area (TPSA) is 114 Å². The number of amides is 3. The summed E-state index contributed by atoms with van der Waals surface area (Å²) in [5.41, 5.74) is 5.11. The van der Waals surface area contributed by atoms with Gasteiger partial charge in [-0.05, 0) is 48.7 Å². The Balaban J connectivity index is 1.86. The molecule has 164 valence electrons. The van der Waals surface area contributed by atoms with Crippen LogP contribution in [0, 0.1) is 5.92 Å². The number of nitrogens with one attached hydrogen (secondary N) is 3. The van der Waals surface area contributed by atoms with Gasteiger partial charge in [-0.15, -0.1) is 0 Å². The summed E-state index contributed by atoms with van der Waals surface area (Å²) in [5, 5.41) is 3.11. The van der Waals surface area contributed by atoms with E-state index in [4.69, 9.17) is 16.3 Å². The average Bonchev–Trinajstić information content (AvgIpc) is 2.76. The van der Waals surface area contributed by atoms with Gasteiger partial charge in [0, 0.05) is 16.1 Å². The van der Waals surface area contributed by atoms with Gasteiger partial charge in [-0.2, -0.15) is 0 Å². The molecule has 0 bridgehead atoms. The lowest BCUT2D eigenvalue weighted by atomic mass is 10.0. The zero-order valence-corrected chi connectivity index (χ0v) is 17.9. The summed E-state index contributed by atoms with van der Waals surface area (Å²) in [6, 6.07) is 13.6. The first-order valence-electron chi connectivity index (χ1n) is 9.63. The monoisotopic (exact) mass is 445 g/mol. The third-order valence-corrected chi connectivity index (χ3v) is 4.35. The molecule has 0 aliphatic carbocycles. The van der Waals surface area contributed by atoms with Crippen molar-refractivity contribution in [2.75, 3.05) is 6.61 Å². The molecule has 0 aliphatic rings. The normalized spacial score (nSPS) is 11.4. The van der Waals surface area contributed by atoms with Crippen molar-refractivity contribution in [1.29, 1.82) is 0 Å². The van der Waals surface area contributed by atoms with E-state index in [-0.39, 0.29) is 5.92 Å². The fraction of sp³-hybridized carbons (Fsp3) is 0.273. The molecule has 2 aromatic rings. The molecule has 0 spiro atoms. The number of esters is 1. The minimum Gasteiger partial charge on any atom is -0.454 e. The van der Waals surface area contributed by atoms with Crippen LogP contribution in [-0.2, 0) is 14.3 Å². The number of hydrazine groups is 1. The minimum atomic E-state index is -0.935. The molecule has 2 aromatic carbocycles. The van der Waals surface area contributed by atoms with Crippen LogP contribution >= 0.6 is 11.6 Å². The number of ether oxygens (including phenoxy) is 1. The Morgan fingerprint density at radius 1 is 0.871 bits per heavy atom. The molecule has 0 fully saturated rings. The van der Waals surface area contributed by atoms with Gasteiger partial charge in [-0.3, -0.25) is 25.2 Å². The maximum Gasteiger partial charge on any atom is 0.329 e. The van der Waals surface area contributed by atoms with Gasteiger partial charge in [-0.1, -0.05) is 43.6 Å². The number of benzene rings is 2. The van der Waals surface area contributed by atoms with Crippen molar-refractivity contribution in [3.8, 4) is 0 Å². The molecule has 2 rings (SSSR count). The van der Waals surface area contributed by atoms with Crippen molar-refractivity contribution in [3.63, 3.8) is 0 Å². The van der Waals surface area contributed by atoms with Crippen LogP contribution in [0.4, 0.5) is 0 Å². The average molecular weight is 446 g/mol. The first-order chi connectivity index (χ1) is 14.8. The second-order valence-electron chi connectivity index (χ2n) is 7.14. The van der Waals surface area contributed by atoms with Crippen LogP contribution in [0.3, 0.4) is 0 Å². The number of carbonyl (C=O) groups excluding carboxylic acids is 4. The lowest BCUT2D eigenvalue weighted by Crippen LogP contribution is -2.46. The van der Waals surface area contributed by atoms with Crippen molar-refractivity contribution >= 4 is 35.3 Å². The predicted octanol–water partition coefficient (Wildman–Crippen LogP) is 2.49. The molecule has 9 heteroatoms. The Kier molecular flexibility index (Phi) is 9.02. The standard InChI is InChI=1S/C22H24ClN3O5/c1-14(2)12-18(24-20(28)16-8-10-17(23)11-9-16)22(30)31-13-19(27)25-26-21(29)15-6-4-3-5-7-15/h3-11,14,18H,12-13H2,1-2H3,(H,24,28)(H,25,27)(H,26,29). The highest BCUT2D eigenvalue weighted by molar-refractivity contribution is 6.30. The highest BCUT2D eigenvalue weighted by Crippen LogP contribution is 2.11. The van der Waals surface area contributed by atoms with Crippen molar-refractivity contribution in [3.05, 3.63) is 70.7 Å². The summed E-state index contributed by atoms with van der Waals surface area (Å²) in [6.07, 6.45) is 0.324. The van der Waals surface area contributed by atoms with E-state index in [1.165, 1.54) is 12.1 Å². The molecule has 8 nitrogen and oxygen atoms in total. The summed E-state index contributed by atoms with van der Waals surface area (Å²) in [5.74, 6) is -2.35. The summed E-state index contributed by atoms with van der Waals surface area (Å²) in [7, 11) is 0. The van der Waals surface area contributed by atoms with E-state index in [0.29, 0.717) is 22.6 Å². The van der Waals surface area contributed by atoms with Crippen LogP contribution in [0.1, 0.15) is 41.0 Å². The van der Waals surface area contributed by atoms with Crippen molar-refractivity contribution in [2.45, 2.75) is 26.3 Å². The van der Waals surface area contributed by atoms with Crippen molar-refractivity contribution in [1.82, 2.24) is 16.2 Å². The highest BCUT2D eigenvalue weighted by Gasteiger charge is 2.24. The fourth-order valence-electron chi connectivity index (χ4n) is 2.59. The van der Waals surface area contributed by atoms with Gasteiger partial charge < -0.3 is 10.1 Å². The van der Waals surface area contributed by atoms with Crippen LogP contribution in [0.25, 0.3) is 0 Å². The molecule has 3 amide bonds. The fourth-order valence-corrected chi connectivity index (χ4v) is 2.72. The van der Waals surface area contributed by atoms with Gasteiger partial charge in [-0.25, -0.2) is 4.79 Å². The van der Waals surface area contributed by atoms with Crippen LogP contribution < -0.4 is 16.2 Å². The van der Waals surface area contributed by atoms with E-state index in [0.717, 1.165) is 0 Å². The van der Waals surface area contributed by atoms with Crippen LogP contribution in [0.5, 0.6) is 0 Å². The maximum atomic E-state index is 12.4. The zero-order valence-electron chi connectivity index (χ0n) is 17.2. The van der Waals surface area contributed by atoms with Crippen molar-refractivity contribution < 1.29 is 23.9 Å². The lowest BCUT2D eigenvalue weighted by Gasteiger charge is -2.19. The summed E-state index contributed by atoms with van der Waals surface area (Å²) in [6.45, 7) is 3.17. The van der Waals surface area contributed by atoms with Crippen LogP contribution in [0.15, 0.2) is 54.6 Å². The van der Waals surface area contributed by atoms with E-state index in [1.807, 2.05) is 13.8 Å². The molecule has 0 aromatic heterocycles. The Labute approximate surface area is 185 Å². The van der Waals surface area contributed by atoms with E-state index in [9.17, 15) is 19.2 Å². The first kappa shape index (κ1) is 23.9. The molecule has 0 aliphatic heterocycles. The molecular formula is C22H24ClN3O5. The van der Waals surface area contributed by atoms with Gasteiger partial charge in [0.2, 0.25) is 0 Å². The molecule has 3 N–H and O–H groups in total. The molecule has 1 atom stereocenters. The minimum absolute atomic E-state index is 0.0852. The number of hydrogen-bond acceptors (Lipinski definition) is 5. The van der Waals surface area contributed by atoms with Gasteiger partial charge in [0.15, 0.2) is 6.61 Å². The molecule has 0 heterocycles. The quantitative estimate of drug-likeness (QED) is 0.426. The number of halogens is 1. The molecule has 1 unspecified atom stereocenters. The van der Waals surface area contributed by atoms with Crippen molar-refractivity contribution in [2.24, 2.45) is 5.92 Å². The van der Waals surface area contributed by atoms with Gasteiger partial charge >= 0.3 is 5.97 Å². The maximum absolute atomic E-state index is 12.4. The number of rotatable bonds is 8. The third-order valence-electron chi connectivity index (χ3n) is 4.10. The second kappa shape index (κ2) is 11.7. The first-order valence-corrected chi connectivity index (χ1v) is 10.0. The Morgan fingerprint density at radius 2 is 1.48 bits per heavy atom. The SMILES string of the molecule is CC(C)CC(NC(=O)c1ccc(Cl)cc1)C(=O)OCC(=O)NNC(=O)c1ccccc1. The molecule has 0 saturated heterocycles. The van der Waals surface area contributed by atoms with Crippen LogP contribution in [-0.4, -0.2) is 36.3 Å². The summed E-state index contributed by atoms with van der Waals surface area (Å²) in [4.78, 5) is 48.7. The number of hydrogen-bond donors (Lipinski definition) is 3. The number of carbonyl (C=O) groups is 4. The van der Waals surface area contributed by atoms with Gasteiger partial charge in [0.1, 0.15) is 6.04 Å². The molecule has 0 radical (unpaired) electrons. The van der Waals surface area contributed by atoms with Gasteiger partial charge in [0.25, 0.3) is 17.7 Å². The molecule has 31 heavy (non-hydrogen) atoms. The van der Waals surface area contributed by atoms with E-state index < -0.39 is 36.3 Å². The lowest BCUT2D eigenvalue weighted by molar-refractivity contribution is -0.150. The highest BCUT2D eigenvalue weighted by atomic mass is 35.5. The second-order valence-corrected chi connectivity index (χ2v) is 7.57. The van der Waals surface area contributed by atoms with E-state index >= 15 is 0 Å². The van der Waals surface area contributed by atoms with E-state index in [1.54, 1.807) is 42.5 Å². The van der Waals surface area contributed by atoms with Gasteiger partial charge in [0.05, 0.1) is 0 Å². The molecular weight excluding hydrogens is 422 g/mol. The largest absolute Gasteiger partial charge is 0.454 e. The third kappa shape index (κ3) is 8.10. The van der Waals surface area contributed by atoms with E-state index in [2.05, 4.69) is 16.2 Å². The Hall–Kier alpha value is -3.39. The Morgan fingerprint density at radius 3 is 2.10 bits per heavy atom. The van der Waals surface area contributed by atoms with Crippen LogP contribution in [0.2, 0.25) is 5.02 Å². The Bertz CT molecular complexity index is 917.